The van der Waals surface area contributed by atoms with Crippen molar-refractivity contribution in [1.82, 2.24) is 4.57 Å². The minimum absolute atomic E-state index is 0.219. The molecule has 0 saturated carbocycles. The summed E-state index contributed by atoms with van der Waals surface area (Å²) in [5.41, 5.74) is 9.66. The van der Waals surface area contributed by atoms with Crippen LogP contribution in [0.15, 0.2) is 29.3 Å². The molecule has 0 bridgehead atoms. The highest BCUT2D eigenvalue weighted by atomic mass is 16.1. The molecule has 0 aliphatic carbocycles. The number of rotatable bonds is 2. The molecule has 2 aromatic rings. The first-order valence-corrected chi connectivity index (χ1v) is 6.07. The number of aliphatic imine (C=N–C) groups is 1. The fourth-order valence-corrected chi connectivity index (χ4v) is 2.77. The van der Waals surface area contributed by atoms with Crippen LogP contribution < -0.4 is 5.73 Å². The van der Waals surface area contributed by atoms with Crippen molar-refractivity contribution >= 4 is 22.5 Å². The van der Waals surface area contributed by atoms with Crippen LogP contribution in [-0.4, -0.2) is 22.7 Å². The molecule has 4 heteroatoms. The monoisotopic (exact) mass is 241 g/mol. The van der Waals surface area contributed by atoms with E-state index < -0.39 is 0 Å². The molecule has 3 rings (SSSR count). The lowest BCUT2D eigenvalue weighted by Crippen LogP contribution is -2.22. The summed E-state index contributed by atoms with van der Waals surface area (Å²) >= 11 is 0. The minimum Gasteiger partial charge on any atom is -0.369 e. The van der Waals surface area contributed by atoms with Gasteiger partial charge in [0.15, 0.2) is 0 Å². The number of benzene rings is 1. The Morgan fingerprint density at radius 1 is 1.44 bits per heavy atom. The molecule has 0 spiro atoms. The Morgan fingerprint density at radius 3 is 3.00 bits per heavy atom. The second-order valence-electron chi connectivity index (χ2n) is 4.62. The Kier molecular flexibility index (Phi) is 2.44. The topological polar surface area (TPSA) is 60.4 Å². The Balaban J connectivity index is 2.25. The third-order valence-corrected chi connectivity index (χ3v) is 3.49. The fraction of sp³-hybridized carbons (Fsp3) is 0.286. The van der Waals surface area contributed by atoms with Gasteiger partial charge in [0, 0.05) is 24.5 Å². The fourth-order valence-electron chi connectivity index (χ4n) is 2.77. The van der Waals surface area contributed by atoms with E-state index >= 15 is 0 Å². The van der Waals surface area contributed by atoms with Gasteiger partial charge >= 0.3 is 0 Å². The van der Waals surface area contributed by atoms with Crippen molar-refractivity contribution in [3.8, 4) is 0 Å². The molecule has 2 N–H and O–H groups in total. The van der Waals surface area contributed by atoms with Crippen molar-refractivity contribution in [2.24, 2.45) is 17.8 Å². The molecule has 1 amide bonds. The van der Waals surface area contributed by atoms with Crippen molar-refractivity contribution in [2.45, 2.75) is 12.8 Å². The van der Waals surface area contributed by atoms with Crippen LogP contribution in [0.3, 0.4) is 0 Å². The summed E-state index contributed by atoms with van der Waals surface area (Å²) in [6, 6.07) is 8.29. The zero-order valence-corrected chi connectivity index (χ0v) is 10.3. The average molecular weight is 241 g/mol. The highest BCUT2D eigenvalue weighted by molar-refractivity contribution is 6.13. The lowest BCUT2D eigenvalue weighted by atomic mass is 10.0. The predicted octanol–water partition coefficient (Wildman–Crippen LogP) is 1.40. The van der Waals surface area contributed by atoms with E-state index in [1.807, 2.05) is 19.2 Å². The Hall–Kier alpha value is -2.10. The second-order valence-corrected chi connectivity index (χ2v) is 4.62. The molecule has 4 nitrogen and oxygen atoms in total. The number of nitrogens with zero attached hydrogens (tertiary/aromatic N) is 2. The van der Waals surface area contributed by atoms with Crippen molar-refractivity contribution in [2.75, 3.05) is 6.54 Å². The molecule has 2 heterocycles. The van der Waals surface area contributed by atoms with Gasteiger partial charge in [0.2, 0.25) is 5.91 Å². The SMILES string of the molecule is Cn1c2c(c3ccccc31)CCN=C2CC(N)=O. The van der Waals surface area contributed by atoms with Gasteiger partial charge in [-0.2, -0.15) is 0 Å². The molecule has 0 fully saturated rings. The second kappa shape index (κ2) is 3.98. The lowest BCUT2D eigenvalue weighted by Gasteiger charge is -2.14. The summed E-state index contributed by atoms with van der Waals surface area (Å²) in [5.74, 6) is -0.327. The summed E-state index contributed by atoms with van der Waals surface area (Å²) in [5, 5.41) is 1.26. The lowest BCUT2D eigenvalue weighted by molar-refractivity contribution is -0.116. The van der Waals surface area contributed by atoms with Crippen LogP contribution >= 0.6 is 0 Å². The number of aromatic nitrogens is 1. The third kappa shape index (κ3) is 1.53. The van der Waals surface area contributed by atoms with Gasteiger partial charge in [-0.3, -0.25) is 9.79 Å². The van der Waals surface area contributed by atoms with Crippen molar-refractivity contribution < 1.29 is 4.79 Å². The standard InChI is InChI=1S/C14H15N3O/c1-17-12-5-3-2-4-9(12)10-6-7-16-11(14(10)17)8-13(15)18/h2-5H,6-8H2,1H3,(H2,15,18). The van der Waals surface area contributed by atoms with Crippen LogP contribution in [0.4, 0.5) is 0 Å². The number of primary amides is 1. The number of hydrogen-bond acceptors (Lipinski definition) is 2. The molecule has 18 heavy (non-hydrogen) atoms. The molecule has 92 valence electrons. The first kappa shape index (κ1) is 11.0. The van der Waals surface area contributed by atoms with Gasteiger partial charge in [-0.05, 0) is 18.1 Å². The summed E-state index contributed by atoms with van der Waals surface area (Å²) in [4.78, 5) is 15.6. The molecule has 0 atom stereocenters. The normalized spacial score (nSPS) is 14.4. The van der Waals surface area contributed by atoms with Crippen molar-refractivity contribution in [3.63, 3.8) is 0 Å². The van der Waals surface area contributed by atoms with E-state index in [1.165, 1.54) is 16.5 Å². The predicted molar refractivity (Wildman–Crippen MR) is 71.8 cm³/mol. The van der Waals surface area contributed by atoms with Crippen LogP contribution in [0.25, 0.3) is 10.9 Å². The Morgan fingerprint density at radius 2 is 2.22 bits per heavy atom. The van der Waals surface area contributed by atoms with Gasteiger partial charge in [-0.15, -0.1) is 0 Å². The van der Waals surface area contributed by atoms with Crippen LogP contribution in [-0.2, 0) is 18.3 Å². The maximum Gasteiger partial charge on any atom is 0.223 e. The smallest absolute Gasteiger partial charge is 0.223 e. The molecule has 0 unspecified atom stereocenters. The van der Waals surface area contributed by atoms with E-state index in [9.17, 15) is 4.79 Å². The number of carbonyl (C=O) groups excluding carboxylic acids is 1. The Bertz CT molecular complexity index is 667. The first-order chi connectivity index (χ1) is 8.68. The molecule has 1 aliphatic rings. The van der Waals surface area contributed by atoms with E-state index in [-0.39, 0.29) is 12.3 Å². The van der Waals surface area contributed by atoms with Gasteiger partial charge < -0.3 is 10.3 Å². The number of fused-ring (bicyclic) bond motifs is 3. The highest BCUT2D eigenvalue weighted by Crippen LogP contribution is 2.29. The molecular weight excluding hydrogens is 226 g/mol. The maximum atomic E-state index is 11.1. The van der Waals surface area contributed by atoms with E-state index in [0.717, 1.165) is 24.4 Å². The molecule has 0 radical (unpaired) electrons. The summed E-state index contributed by atoms with van der Waals surface area (Å²) in [6.45, 7) is 0.740. The van der Waals surface area contributed by atoms with Gasteiger partial charge in [0.1, 0.15) is 0 Å². The molecular formula is C14H15N3O. The maximum absolute atomic E-state index is 11.1. The Labute approximate surface area is 105 Å². The quantitative estimate of drug-likeness (QED) is 0.848. The number of hydrogen-bond donors (Lipinski definition) is 1. The van der Waals surface area contributed by atoms with Gasteiger partial charge in [0.25, 0.3) is 0 Å². The highest BCUT2D eigenvalue weighted by Gasteiger charge is 2.22. The number of aryl methyl sites for hydroxylation is 1. The molecule has 1 aromatic carbocycles. The van der Waals surface area contributed by atoms with E-state index in [1.54, 1.807) is 0 Å². The van der Waals surface area contributed by atoms with Gasteiger partial charge in [-0.1, -0.05) is 18.2 Å². The summed E-state index contributed by atoms with van der Waals surface area (Å²) < 4.78 is 2.12. The average Bonchev–Trinajstić information content (AvgIpc) is 2.65. The number of para-hydroxylation sites is 1. The van der Waals surface area contributed by atoms with Gasteiger partial charge in [0.05, 0.1) is 17.8 Å². The van der Waals surface area contributed by atoms with Crippen LogP contribution in [0.2, 0.25) is 0 Å². The molecule has 1 aromatic heterocycles. The summed E-state index contributed by atoms with van der Waals surface area (Å²) in [7, 11) is 2.02. The third-order valence-electron chi connectivity index (χ3n) is 3.49. The van der Waals surface area contributed by atoms with Crippen molar-refractivity contribution in [1.29, 1.82) is 0 Å². The summed E-state index contributed by atoms with van der Waals surface area (Å²) in [6.07, 6.45) is 1.15. The van der Waals surface area contributed by atoms with E-state index in [4.69, 9.17) is 5.73 Å². The molecule has 1 aliphatic heterocycles. The van der Waals surface area contributed by atoms with Crippen LogP contribution in [0.5, 0.6) is 0 Å². The minimum atomic E-state index is -0.327. The van der Waals surface area contributed by atoms with E-state index in [0.29, 0.717) is 0 Å². The molecule has 0 saturated heterocycles. The van der Waals surface area contributed by atoms with E-state index in [2.05, 4.69) is 21.7 Å². The van der Waals surface area contributed by atoms with Crippen molar-refractivity contribution in [3.05, 3.63) is 35.5 Å². The number of nitrogens with two attached hydrogens (primary N) is 1. The zero-order chi connectivity index (χ0) is 12.7. The first-order valence-electron chi connectivity index (χ1n) is 6.07. The van der Waals surface area contributed by atoms with Crippen LogP contribution in [0, 0.1) is 0 Å². The number of amides is 1. The number of carbonyl (C=O) groups is 1. The zero-order valence-electron chi connectivity index (χ0n) is 10.3. The largest absolute Gasteiger partial charge is 0.369 e. The van der Waals surface area contributed by atoms with Gasteiger partial charge in [-0.25, -0.2) is 0 Å². The van der Waals surface area contributed by atoms with Crippen LogP contribution in [0.1, 0.15) is 17.7 Å².